The number of hydrogen-bond donors (Lipinski definition) is 1. The molecule has 1 aromatic rings. The molecule has 1 aliphatic carbocycles. The Balaban J connectivity index is 1.77. The first kappa shape index (κ1) is 16.9. The molecule has 1 aromatic carbocycles. The van der Waals surface area contributed by atoms with E-state index in [1.807, 2.05) is 0 Å². The Morgan fingerprint density at radius 1 is 1.27 bits per heavy atom. The maximum Gasteiger partial charge on any atom is 0.387 e. The molecule has 1 N–H and O–H groups in total. The van der Waals surface area contributed by atoms with Crippen LogP contribution in [0.4, 0.5) is 8.78 Å². The van der Waals surface area contributed by atoms with Crippen molar-refractivity contribution in [2.45, 2.75) is 44.1 Å². The fraction of sp³-hybridized carbons (Fsp3) is 0.533. The van der Waals surface area contributed by atoms with Crippen LogP contribution in [0.25, 0.3) is 0 Å². The van der Waals surface area contributed by atoms with Gasteiger partial charge in [-0.2, -0.15) is 8.78 Å². The molecule has 1 saturated carbocycles. The average molecular weight is 331 g/mol. The van der Waals surface area contributed by atoms with Gasteiger partial charge in [0.1, 0.15) is 11.5 Å². The van der Waals surface area contributed by atoms with Crippen LogP contribution in [0.2, 0.25) is 0 Å². The second-order valence-electron chi connectivity index (χ2n) is 5.30. The summed E-state index contributed by atoms with van der Waals surface area (Å²) in [6, 6.07) is 6.17. The van der Waals surface area contributed by atoms with E-state index in [1.165, 1.54) is 12.1 Å². The van der Waals surface area contributed by atoms with Crippen molar-refractivity contribution in [2.24, 2.45) is 0 Å². The number of carbonyl (C=O) groups excluding carboxylic acids is 1. The van der Waals surface area contributed by atoms with E-state index in [0.717, 1.165) is 25.7 Å². The number of nitrogens with one attached hydrogen (secondary N) is 1. The molecule has 2 rings (SSSR count). The Bertz CT molecular complexity index is 516. The van der Waals surface area contributed by atoms with Crippen molar-refractivity contribution in [3.05, 3.63) is 29.8 Å². The topological polar surface area (TPSA) is 55.4 Å². The van der Waals surface area contributed by atoms with Gasteiger partial charge < -0.3 is 10.1 Å². The van der Waals surface area contributed by atoms with Crippen LogP contribution in [0.1, 0.15) is 31.2 Å². The summed E-state index contributed by atoms with van der Waals surface area (Å²) in [7, 11) is -1.32. The molecule has 0 aliphatic heterocycles. The summed E-state index contributed by atoms with van der Waals surface area (Å²) in [4.78, 5) is 11.8. The number of carbonyl (C=O) groups is 1. The summed E-state index contributed by atoms with van der Waals surface area (Å²) in [5.41, 5.74) is 0.716. The number of benzene rings is 1. The second kappa shape index (κ2) is 8.22. The molecular weight excluding hydrogens is 312 g/mol. The first-order chi connectivity index (χ1) is 10.5. The van der Waals surface area contributed by atoms with Crippen LogP contribution in [0.15, 0.2) is 24.3 Å². The zero-order valence-electron chi connectivity index (χ0n) is 12.1. The lowest BCUT2D eigenvalue weighted by atomic mass is 10.2. The van der Waals surface area contributed by atoms with E-state index in [1.54, 1.807) is 12.1 Å². The lowest BCUT2D eigenvalue weighted by Crippen LogP contribution is -2.35. The van der Waals surface area contributed by atoms with Crippen molar-refractivity contribution in [2.75, 3.05) is 5.75 Å². The van der Waals surface area contributed by atoms with E-state index in [0.29, 0.717) is 5.56 Å². The molecule has 0 radical (unpaired) electrons. The van der Waals surface area contributed by atoms with Crippen LogP contribution in [-0.4, -0.2) is 28.5 Å². The zero-order chi connectivity index (χ0) is 15.9. The Labute approximate surface area is 130 Å². The van der Waals surface area contributed by atoms with Crippen molar-refractivity contribution in [1.29, 1.82) is 0 Å². The highest BCUT2D eigenvalue weighted by Crippen LogP contribution is 2.18. The quantitative estimate of drug-likeness (QED) is 0.835. The molecule has 0 spiro atoms. The third-order valence-corrected chi connectivity index (χ3v) is 4.73. The number of halogens is 2. The molecule has 1 aliphatic rings. The Morgan fingerprint density at radius 2 is 1.91 bits per heavy atom. The molecule has 122 valence electrons. The number of hydrogen-bond acceptors (Lipinski definition) is 3. The number of rotatable bonds is 7. The summed E-state index contributed by atoms with van der Waals surface area (Å²) in [5, 5.41) is 2.89. The molecular formula is C15H19F2NO3S. The van der Waals surface area contributed by atoms with E-state index in [2.05, 4.69) is 10.1 Å². The molecule has 1 unspecified atom stereocenters. The summed E-state index contributed by atoms with van der Waals surface area (Å²) in [5.74, 6) is 0.0464. The van der Waals surface area contributed by atoms with Gasteiger partial charge in [-0.3, -0.25) is 9.00 Å². The van der Waals surface area contributed by atoms with Gasteiger partial charge >= 0.3 is 6.61 Å². The zero-order valence-corrected chi connectivity index (χ0v) is 12.9. The van der Waals surface area contributed by atoms with Gasteiger partial charge in [0.15, 0.2) is 0 Å². The first-order valence-corrected chi connectivity index (χ1v) is 8.70. The van der Waals surface area contributed by atoms with Gasteiger partial charge in [0.05, 0.1) is 0 Å². The minimum atomic E-state index is -2.86. The van der Waals surface area contributed by atoms with Crippen LogP contribution in [0.3, 0.4) is 0 Å². The summed E-state index contributed by atoms with van der Waals surface area (Å²) < 4.78 is 40.3. The van der Waals surface area contributed by atoms with E-state index < -0.39 is 17.4 Å². The van der Waals surface area contributed by atoms with Gasteiger partial charge in [-0.05, 0) is 30.5 Å². The Kier molecular flexibility index (Phi) is 6.30. The number of ether oxygens (including phenoxy) is 1. The normalized spacial score (nSPS) is 16.7. The lowest BCUT2D eigenvalue weighted by Gasteiger charge is -2.11. The van der Waals surface area contributed by atoms with Crippen molar-refractivity contribution in [1.82, 2.24) is 5.32 Å². The third-order valence-electron chi connectivity index (χ3n) is 3.49. The molecule has 22 heavy (non-hydrogen) atoms. The van der Waals surface area contributed by atoms with Gasteiger partial charge in [0.25, 0.3) is 0 Å². The molecule has 4 nitrogen and oxygen atoms in total. The van der Waals surface area contributed by atoms with E-state index in [9.17, 15) is 17.8 Å². The molecule has 0 saturated heterocycles. The molecule has 1 atom stereocenters. The van der Waals surface area contributed by atoms with Crippen molar-refractivity contribution in [3.63, 3.8) is 0 Å². The standard InChI is InChI=1S/C15H19F2NO3S/c16-15(17)21-13-7-5-11(6-8-13)9-22(20)10-14(19)18-12-3-1-2-4-12/h5-8,12,15H,1-4,9-10H2,(H,18,19). The van der Waals surface area contributed by atoms with Crippen LogP contribution < -0.4 is 10.1 Å². The molecule has 7 heteroatoms. The van der Waals surface area contributed by atoms with Crippen molar-refractivity contribution < 1.29 is 22.5 Å². The summed E-state index contributed by atoms with van der Waals surface area (Å²) in [6.07, 6.45) is 4.23. The molecule has 1 amide bonds. The van der Waals surface area contributed by atoms with Gasteiger partial charge in [0.2, 0.25) is 5.91 Å². The predicted molar refractivity (Wildman–Crippen MR) is 80.2 cm³/mol. The highest BCUT2D eigenvalue weighted by Gasteiger charge is 2.18. The predicted octanol–water partition coefficient (Wildman–Crippen LogP) is 2.60. The average Bonchev–Trinajstić information content (AvgIpc) is 2.93. The van der Waals surface area contributed by atoms with Crippen LogP contribution in [0, 0.1) is 0 Å². The highest BCUT2D eigenvalue weighted by molar-refractivity contribution is 7.84. The second-order valence-corrected chi connectivity index (χ2v) is 6.76. The third kappa shape index (κ3) is 5.71. The van der Waals surface area contributed by atoms with Crippen LogP contribution >= 0.6 is 0 Å². The summed E-state index contributed by atoms with van der Waals surface area (Å²) >= 11 is 0. The smallest absolute Gasteiger partial charge is 0.387 e. The molecule has 0 bridgehead atoms. The SMILES string of the molecule is O=C(CS(=O)Cc1ccc(OC(F)F)cc1)NC1CCCC1. The summed E-state index contributed by atoms with van der Waals surface area (Å²) in [6.45, 7) is -2.86. The molecule has 0 heterocycles. The maximum absolute atomic E-state index is 12.0. The largest absolute Gasteiger partial charge is 0.435 e. The van der Waals surface area contributed by atoms with Crippen LogP contribution in [0.5, 0.6) is 5.75 Å². The number of alkyl halides is 2. The van der Waals surface area contributed by atoms with Crippen LogP contribution in [-0.2, 0) is 21.3 Å². The minimum Gasteiger partial charge on any atom is -0.435 e. The maximum atomic E-state index is 12.0. The van der Waals surface area contributed by atoms with Gasteiger partial charge in [-0.25, -0.2) is 0 Å². The highest BCUT2D eigenvalue weighted by atomic mass is 32.2. The van der Waals surface area contributed by atoms with E-state index in [-0.39, 0.29) is 29.2 Å². The van der Waals surface area contributed by atoms with Crippen molar-refractivity contribution in [3.8, 4) is 5.75 Å². The fourth-order valence-corrected chi connectivity index (χ4v) is 3.53. The molecule has 1 fully saturated rings. The van der Waals surface area contributed by atoms with E-state index in [4.69, 9.17) is 0 Å². The number of amides is 1. The van der Waals surface area contributed by atoms with Gasteiger partial charge in [0, 0.05) is 22.6 Å². The van der Waals surface area contributed by atoms with Crippen molar-refractivity contribution >= 4 is 16.7 Å². The van der Waals surface area contributed by atoms with E-state index >= 15 is 0 Å². The Hall–Kier alpha value is -1.50. The fourth-order valence-electron chi connectivity index (χ4n) is 2.49. The lowest BCUT2D eigenvalue weighted by molar-refractivity contribution is -0.119. The Morgan fingerprint density at radius 3 is 2.50 bits per heavy atom. The first-order valence-electron chi connectivity index (χ1n) is 7.21. The van der Waals surface area contributed by atoms with Gasteiger partial charge in [-0.15, -0.1) is 0 Å². The molecule has 0 aromatic heterocycles. The monoisotopic (exact) mass is 331 g/mol. The van der Waals surface area contributed by atoms with Gasteiger partial charge in [-0.1, -0.05) is 25.0 Å². The minimum absolute atomic E-state index is 0.0359.